The SMILES string of the molecule is N#Cc1ccc2c(c1)oc1cc(-c3ccc4cc(N(c5ccc(-c6nc7ccccc7o6)cc5)c5ccc(-c6nc7ccccc7o6)cc5)ccc4c3)ccc12. The van der Waals surface area contributed by atoms with E-state index in [1.807, 2.05) is 84.9 Å². The standard InChI is InChI=1S/C49H28N4O3/c50-29-30-9-23-40-41-24-17-36(28-47(41)54-46(40)25-30)33-10-11-35-27-39(22-16-34(35)26-33)53(37-18-12-31(13-19-37)48-51-42-5-1-3-7-44(42)55-48)38-20-14-32(15-21-38)49-52-43-6-2-4-8-45(43)56-49/h1-28H. The van der Waals surface area contributed by atoms with Gasteiger partial charge in [-0.25, -0.2) is 9.97 Å². The van der Waals surface area contributed by atoms with Crippen molar-refractivity contribution in [2.24, 2.45) is 0 Å². The Morgan fingerprint density at radius 3 is 1.54 bits per heavy atom. The number of furan rings is 1. The van der Waals surface area contributed by atoms with Gasteiger partial charge in [0.1, 0.15) is 22.2 Å². The molecule has 3 aromatic heterocycles. The summed E-state index contributed by atoms with van der Waals surface area (Å²) in [7, 11) is 0. The van der Waals surface area contributed by atoms with Crippen molar-refractivity contribution in [3.05, 3.63) is 175 Å². The molecule has 8 aromatic carbocycles. The highest BCUT2D eigenvalue weighted by atomic mass is 16.4. The van der Waals surface area contributed by atoms with Crippen molar-refractivity contribution in [2.75, 3.05) is 4.90 Å². The van der Waals surface area contributed by atoms with Crippen LogP contribution in [0, 0.1) is 11.3 Å². The van der Waals surface area contributed by atoms with Crippen LogP contribution >= 0.6 is 0 Å². The van der Waals surface area contributed by atoms with Gasteiger partial charge in [-0.05, 0) is 143 Å². The van der Waals surface area contributed by atoms with Crippen LogP contribution in [0.1, 0.15) is 5.56 Å². The summed E-state index contributed by atoms with van der Waals surface area (Å²) < 4.78 is 18.3. The molecule has 0 amide bonds. The summed E-state index contributed by atoms with van der Waals surface area (Å²) >= 11 is 0. The van der Waals surface area contributed by atoms with Crippen LogP contribution in [-0.4, -0.2) is 9.97 Å². The largest absolute Gasteiger partial charge is 0.456 e. The first-order valence-electron chi connectivity index (χ1n) is 18.3. The molecule has 0 radical (unpaired) electrons. The Morgan fingerprint density at radius 2 is 0.911 bits per heavy atom. The third-order valence-electron chi connectivity index (χ3n) is 10.4. The number of nitriles is 1. The Labute approximate surface area is 319 Å². The van der Waals surface area contributed by atoms with Gasteiger partial charge in [-0.3, -0.25) is 0 Å². The van der Waals surface area contributed by atoms with E-state index in [1.165, 1.54) is 0 Å². The third kappa shape index (κ3) is 5.36. The molecule has 0 aliphatic rings. The molecule has 56 heavy (non-hydrogen) atoms. The van der Waals surface area contributed by atoms with Crippen molar-refractivity contribution >= 4 is 72.0 Å². The van der Waals surface area contributed by atoms with E-state index < -0.39 is 0 Å². The number of rotatable bonds is 6. The van der Waals surface area contributed by atoms with Crippen molar-refractivity contribution in [3.8, 4) is 40.1 Å². The van der Waals surface area contributed by atoms with Crippen molar-refractivity contribution in [1.82, 2.24) is 9.97 Å². The molecule has 0 aliphatic heterocycles. The summed E-state index contributed by atoms with van der Waals surface area (Å²) in [6, 6.07) is 59.4. The molecular formula is C49H28N4O3. The van der Waals surface area contributed by atoms with E-state index in [0.717, 1.165) is 88.6 Å². The number of aromatic nitrogens is 2. The van der Waals surface area contributed by atoms with Gasteiger partial charge in [0.15, 0.2) is 11.2 Å². The molecule has 0 saturated heterocycles. The number of benzene rings is 8. The fourth-order valence-corrected chi connectivity index (χ4v) is 7.52. The average molecular weight is 721 g/mol. The van der Waals surface area contributed by atoms with Crippen molar-refractivity contribution in [3.63, 3.8) is 0 Å². The maximum absolute atomic E-state index is 9.35. The fraction of sp³-hybridized carbons (Fsp3) is 0. The predicted octanol–water partition coefficient (Wildman–Crippen LogP) is 13.4. The molecule has 11 aromatic rings. The topological polar surface area (TPSA) is 92.2 Å². The normalized spacial score (nSPS) is 11.6. The maximum atomic E-state index is 9.35. The summed E-state index contributed by atoms with van der Waals surface area (Å²) in [5.41, 5.74) is 12.2. The third-order valence-corrected chi connectivity index (χ3v) is 10.4. The zero-order chi connectivity index (χ0) is 37.2. The summed E-state index contributed by atoms with van der Waals surface area (Å²) in [6.07, 6.45) is 0. The molecule has 0 bridgehead atoms. The lowest BCUT2D eigenvalue weighted by Gasteiger charge is -2.26. The minimum Gasteiger partial charge on any atom is -0.456 e. The summed E-state index contributed by atoms with van der Waals surface area (Å²) in [5, 5.41) is 13.6. The maximum Gasteiger partial charge on any atom is 0.227 e. The van der Waals surface area contributed by atoms with Crippen molar-refractivity contribution in [2.45, 2.75) is 0 Å². The van der Waals surface area contributed by atoms with Gasteiger partial charge in [0.2, 0.25) is 11.8 Å². The second-order valence-corrected chi connectivity index (χ2v) is 13.8. The van der Waals surface area contributed by atoms with Crippen LogP contribution in [0.25, 0.3) is 88.9 Å². The summed E-state index contributed by atoms with van der Waals surface area (Å²) in [5.74, 6) is 1.17. The average Bonchev–Trinajstić information content (AvgIpc) is 3.99. The summed E-state index contributed by atoms with van der Waals surface area (Å²) in [6.45, 7) is 0. The molecule has 0 unspecified atom stereocenters. The molecule has 262 valence electrons. The van der Waals surface area contributed by atoms with E-state index in [1.54, 1.807) is 6.07 Å². The van der Waals surface area contributed by atoms with E-state index in [9.17, 15) is 5.26 Å². The summed E-state index contributed by atoms with van der Waals surface area (Å²) in [4.78, 5) is 11.7. The monoisotopic (exact) mass is 720 g/mol. The lowest BCUT2D eigenvalue weighted by molar-refractivity contribution is 0.619. The smallest absolute Gasteiger partial charge is 0.227 e. The molecule has 7 nitrogen and oxygen atoms in total. The highest BCUT2D eigenvalue weighted by Gasteiger charge is 2.17. The second kappa shape index (κ2) is 12.6. The predicted molar refractivity (Wildman–Crippen MR) is 222 cm³/mol. The van der Waals surface area contributed by atoms with E-state index in [2.05, 4.69) is 89.8 Å². The zero-order valence-corrected chi connectivity index (χ0v) is 29.7. The molecule has 11 rings (SSSR count). The van der Waals surface area contributed by atoms with E-state index in [-0.39, 0.29) is 0 Å². The van der Waals surface area contributed by atoms with Crippen LogP contribution in [0.15, 0.2) is 183 Å². The molecule has 0 fully saturated rings. The van der Waals surface area contributed by atoms with E-state index in [0.29, 0.717) is 22.9 Å². The Bertz CT molecular complexity index is 3150. The van der Waals surface area contributed by atoms with Gasteiger partial charge in [-0.15, -0.1) is 0 Å². The highest BCUT2D eigenvalue weighted by Crippen LogP contribution is 2.40. The van der Waals surface area contributed by atoms with Gasteiger partial charge < -0.3 is 18.2 Å². The number of nitrogens with zero attached hydrogens (tertiary/aromatic N) is 4. The number of hydrogen-bond donors (Lipinski definition) is 0. The molecule has 0 spiro atoms. The van der Waals surface area contributed by atoms with E-state index in [4.69, 9.17) is 23.2 Å². The number of anilines is 3. The zero-order valence-electron chi connectivity index (χ0n) is 29.7. The molecular weight excluding hydrogens is 693 g/mol. The Balaban J connectivity index is 0.965. The number of hydrogen-bond acceptors (Lipinski definition) is 7. The van der Waals surface area contributed by atoms with Crippen LogP contribution in [-0.2, 0) is 0 Å². The number of para-hydroxylation sites is 4. The Hall–Kier alpha value is -7.95. The lowest BCUT2D eigenvalue weighted by Crippen LogP contribution is -2.09. The highest BCUT2D eigenvalue weighted by molar-refractivity contribution is 6.06. The van der Waals surface area contributed by atoms with Gasteiger partial charge >= 0.3 is 0 Å². The molecule has 0 saturated carbocycles. The van der Waals surface area contributed by atoms with Gasteiger partial charge in [0, 0.05) is 39.0 Å². The second-order valence-electron chi connectivity index (χ2n) is 13.8. The molecule has 0 N–H and O–H groups in total. The van der Waals surface area contributed by atoms with Crippen LogP contribution in [0.2, 0.25) is 0 Å². The minimum absolute atomic E-state index is 0.582. The lowest BCUT2D eigenvalue weighted by atomic mass is 9.99. The number of fused-ring (bicyclic) bond motifs is 6. The fourth-order valence-electron chi connectivity index (χ4n) is 7.52. The quantitative estimate of drug-likeness (QED) is 0.169. The van der Waals surface area contributed by atoms with Gasteiger partial charge in [0.25, 0.3) is 0 Å². The molecule has 0 aliphatic carbocycles. The van der Waals surface area contributed by atoms with Crippen LogP contribution in [0.5, 0.6) is 0 Å². The Morgan fingerprint density at radius 1 is 0.411 bits per heavy atom. The van der Waals surface area contributed by atoms with E-state index >= 15 is 0 Å². The molecule has 0 atom stereocenters. The first-order chi connectivity index (χ1) is 27.6. The van der Waals surface area contributed by atoms with Gasteiger partial charge in [-0.1, -0.05) is 48.5 Å². The van der Waals surface area contributed by atoms with Gasteiger partial charge in [-0.2, -0.15) is 5.26 Å². The Kier molecular flexibility index (Phi) is 7.09. The van der Waals surface area contributed by atoms with Crippen molar-refractivity contribution < 1.29 is 13.3 Å². The van der Waals surface area contributed by atoms with Gasteiger partial charge in [0.05, 0.1) is 11.6 Å². The number of oxazole rings is 2. The van der Waals surface area contributed by atoms with Crippen LogP contribution in [0.4, 0.5) is 17.1 Å². The molecule has 7 heteroatoms. The van der Waals surface area contributed by atoms with Crippen LogP contribution in [0.3, 0.4) is 0 Å². The minimum atomic E-state index is 0.582. The van der Waals surface area contributed by atoms with Crippen LogP contribution < -0.4 is 4.90 Å². The first-order valence-corrected chi connectivity index (χ1v) is 18.3. The van der Waals surface area contributed by atoms with Crippen molar-refractivity contribution in [1.29, 1.82) is 5.26 Å². The molecule has 3 heterocycles. The first kappa shape index (κ1) is 31.6.